The van der Waals surface area contributed by atoms with Crippen LogP contribution in [0.5, 0.6) is 0 Å². The summed E-state index contributed by atoms with van der Waals surface area (Å²) in [4.78, 5) is 13.6. The molecule has 20 heavy (non-hydrogen) atoms. The van der Waals surface area contributed by atoms with E-state index >= 15 is 0 Å². The molecule has 0 N–H and O–H groups in total. The highest BCUT2D eigenvalue weighted by atomic mass is 16.5. The third-order valence-corrected chi connectivity index (χ3v) is 4.32. The van der Waals surface area contributed by atoms with Gasteiger partial charge < -0.3 is 14.5 Å². The van der Waals surface area contributed by atoms with Gasteiger partial charge in [-0.15, -0.1) is 0 Å². The van der Waals surface area contributed by atoms with Crippen molar-refractivity contribution in [3.63, 3.8) is 0 Å². The predicted octanol–water partition coefficient (Wildman–Crippen LogP) is 0.980. The minimum atomic E-state index is 0.718. The summed E-state index contributed by atoms with van der Waals surface area (Å²) < 4.78 is 5.49. The first-order valence-electron chi connectivity index (χ1n) is 7.54. The van der Waals surface area contributed by atoms with Crippen molar-refractivity contribution >= 4 is 5.82 Å². The Hall–Kier alpha value is -1.20. The Labute approximate surface area is 121 Å². The number of hydrogen-bond acceptors (Lipinski definition) is 5. The summed E-state index contributed by atoms with van der Waals surface area (Å²) in [6.45, 7) is 5.25. The van der Waals surface area contributed by atoms with E-state index in [9.17, 15) is 0 Å². The summed E-state index contributed by atoms with van der Waals surface area (Å²) in [6, 6.07) is 0. The van der Waals surface area contributed by atoms with E-state index in [1.807, 2.05) is 0 Å². The van der Waals surface area contributed by atoms with Gasteiger partial charge in [0.1, 0.15) is 12.1 Å². The van der Waals surface area contributed by atoms with Crippen molar-refractivity contribution in [2.45, 2.75) is 19.3 Å². The highest BCUT2D eigenvalue weighted by Crippen LogP contribution is 2.23. The molecule has 2 aliphatic heterocycles. The summed E-state index contributed by atoms with van der Waals surface area (Å²) in [5.41, 5.74) is 2.57. The molecular weight excluding hydrogens is 252 g/mol. The van der Waals surface area contributed by atoms with Crippen molar-refractivity contribution in [3.8, 4) is 0 Å². The third kappa shape index (κ3) is 2.94. The van der Waals surface area contributed by atoms with Gasteiger partial charge in [0.15, 0.2) is 0 Å². The Kier molecular flexibility index (Phi) is 4.17. The minimum absolute atomic E-state index is 0.718. The van der Waals surface area contributed by atoms with Crippen LogP contribution in [0.2, 0.25) is 0 Å². The van der Waals surface area contributed by atoms with Crippen molar-refractivity contribution in [2.75, 3.05) is 51.8 Å². The van der Waals surface area contributed by atoms with E-state index in [4.69, 9.17) is 4.74 Å². The smallest absolute Gasteiger partial charge is 0.134 e. The monoisotopic (exact) mass is 276 g/mol. The minimum Gasteiger partial charge on any atom is -0.381 e. The van der Waals surface area contributed by atoms with Crippen molar-refractivity contribution in [1.82, 2.24) is 14.9 Å². The fourth-order valence-electron chi connectivity index (χ4n) is 3.22. The largest absolute Gasteiger partial charge is 0.381 e. The van der Waals surface area contributed by atoms with E-state index in [1.54, 1.807) is 6.33 Å². The zero-order valence-corrected chi connectivity index (χ0v) is 12.5. The lowest BCUT2D eigenvalue weighted by Crippen LogP contribution is -2.32. The molecule has 0 bridgehead atoms. The zero-order valence-electron chi connectivity index (χ0n) is 12.5. The van der Waals surface area contributed by atoms with Gasteiger partial charge in [-0.2, -0.15) is 0 Å². The summed E-state index contributed by atoms with van der Waals surface area (Å²) >= 11 is 0. The van der Waals surface area contributed by atoms with Gasteiger partial charge in [-0.3, -0.25) is 0 Å². The molecule has 0 aromatic carbocycles. The molecule has 0 spiro atoms. The molecule has 3 heterocycles. The van der Waals surface area contributed by atoms with Gasteiger partial charge in [0, 0.05) is 52.3 Å². The van der Waals surface area contributed by atoms with Gasteiger partial charge in [0.25, 0.3) is 0 Å². The second kappa shape index (κ2) is 6.06. The zero-order chi connectivity index (χ0) is 13.9. The van der Waals surface area contributed by atoms with E-state index < -0.39 is 0 Å². The van der Waals surface area contributed by atoms with Gasteiger partial charge in [-0.25, -0.2) is 9.97 Å². The maximum Gasteiger partial charge on any atom is 0.134 e. The molecule has 3 rings (SSSR count). The number of nitrogens with zero attached hydrogens (tertiary/aromatic N) is 4. The third-order valence-electron chi connectivity index (χ3n) is 4.32. The number of hydrogen-bond donors (Lipinski definition) is 0. The van der Waals surface area contributed by atoms with E-state index in [0.717, 1.165) is 50.9 Å². The van der Waals surface area contributed by atoms with E-state index in [2.05, 4.69) is 33.9 Å². The molecule has 1 atom stereocenters. The quantitative estimate of drug-likeness (QED) is 0.823. The van der Waals surface area contributed by atoms with Crippen LogP contribution in [0.25, 0.3) is 0 Å². The molecule has 0 amide bonds. The van der Waals surface area contributed by atoms with Crippen LogP contribution in [0.15, 0.2) is 6.33 Å². The first-order chi connectivity index (χ1) is 9.74. The molecule has 5 nitrogen and oxygen atoms in total. The topological polar surface area (TPSA) is 41.5 Å². The van der Waals surface area contributed by atoms with Crippen LogP contribution >= 0.6 is 0 Å². The fraction of sp³-hybridized carbons (Fsp3) is 0.733. The second-order valence-electron chi connectivity index (χ2n) is 6.05. The van der Waals surface area contributed by atoms with Crippen molar-refractivity contribution < 1.29 is 4.74 Å². The first kappa shape index (κ1) is 13.8. The highest BCUT2D eigenvalue weighted by Gasteiger charge is 2.23. The normalized spacial score (nSPS) is 23.4. The summed E-state index contributed by atoms with van der Waals surface area (Å²) in [5.74, 6) is 1.80. The van der Waals surface area contributed by atoms with Crippen LogP contribution in [0.4, 0.5) is 5.82 Å². The van der Waals surface area contributed by atoms with Crippen molar-refractivity contribution in [2.24, 2.45) is 5.92 Å². The van der Waals surface area contributed by atoms with Crippen LogP contribution in [0.1, 0.15) is 17.7 Å². The predicted molar refractivity (Wildman–Crippen MR) is 79.1 cm³/mol. The molecule has 5 heteroatoms. The molecule has 110 valence electrons. The highest BCUT2D eigenvalue weighted by molar-refractivity contribution is 5.48. The van der Waals surface area contributed by atoms with Crippen LogP contribution in [-0.4, -0.2) is 61.8 Å². The van der Waals surface area contributed by atoms with Gasteiger partial charge in [0.2, 0.25) is 0 Å². The van der Waals surface area contributed by atoms with Crippen LogP contribution in [0, 0.1) is 5.92 Å². The molecule has 0 aliphatic carbocycles. The van der Waals surface area contributed by atoms with Crippen LogP contribution in [0.3, 0.4) is 0 Å². The lowest BCUT2D eigenvalue weighted by atomic mass is 10.1. The lowest BCUT2D eigenvalue weighted by Gasteiger charge is -2.22. The number of ether oxygens (including phenoxy) is 1. The molecule has 0 unspecified atom stereocenters. The Morgan fingerprint density at radius 2 is 2.15 bits per heavy atom. The average molecular weight is 276 g/mol. The van der Waals surface area contributed by atoms with Crippen LogP contribution in [-0.2, 0) is 17.6 Å². The standard InChI is InChI=1S/C15H24N4O/c1-18(2)15-13-3-6-19(9-12-5-8-20-10-12)7-4-14(13)16-11-17-15/h11-12H,3-10H2,1-2H3/t12-/m0/s1. The van der Waals surface area contributed by atoms with E-state index in [-0.39, 0.29) is 0 Å². The molecule has 1 aromatic heterocycles. The second-order valence-corrected chi connectivity index (χ2v) is 6.05. The van der Waals surface area contributed by atoms with E-state index in [0.29, 0.717) is 0 Å². The molecule has 1 aromatic rings. The number of anilines is 1. The SMILES string of the molecule is CN(C)c1ncnc2c1CCN(C[C@@H]1CCOC1)CC2. The summed E-state index contributed by atoms with van der Waals surface area (Å²) in [5, 5.41) is 0. The summed E-state index contributed by atoms with van der Waals surface area (Å²) in [6.07, 6.45) is 5.00. The number of rotatable bonds is 3. The summed E-state index contributed by atoms with van der Waals surface area (Å²) in [7, 11) is 4.11. The average Bonchev–Trinajstić information content (AvgIpc) is 2.86. The van der Waals surface area contributed by atoms with Gasteiger partial charge in [-0.05, 0) is 18.8 Å². The maximum atomic E-state index is 5.49. The number of fused-ring (bicyclic) bond motifs is 1. The maximum absolute atomic E-state index is 5.49. The Morgan fingerprint density at radius 1 is 1.30 bits per heavy atom. The lowest BCUT2D eigenvalue weighted by molar-refractivity contribution is 0.168. The Morgan fingerprint density at radius 3 is 2.90 bits per heavy atom. The molecule has 1 saturated heterocycles. The molecule has 1 fully saturated rings. The Balaban J connectivity index is 1.69. The van der Waals surface area contributed by atoms with Crippen LogP contribution < -0.4 is 4.90 Å². The molecule has 0 saturated carbocycles. The van der Waals surface area contributed by atoms with Gasteiger partial charge in [-0.1, -0.05) is 0 Å². The molecule has 2 aliphatic rings. The molecule has 0 radical (unpaired) electrons. The van der Waals surface area contributed by atoms with E-state index in [1.165, 1.54) is 24.2 Å². The Bertz CT molecular complexity index is 457. The van der Waals surface area contributed by atoms with Crippen molar-refractivity contribution in [3.05, 3.63) is 17.6 Å². The van der Waals surface area contributed by atoms with Gasteiger partial charge >= 0.3 is 0 Å². The van der Waals surface area contributed by atoms with Crippen molar-refractivity contribution in [1.29, 1.82) is 0 Å². The van der Waals surface area contributed by atoms with Gasteiger partial charge in [0.05, 0.1) is 12.3 Å². The fourth-order valence-corrected chi connectivity index (χ4v) is 3.22. The first-order valence-corrected chi connectivity index (χ1v) is 7.54. The molecular formula is C15H24N4O. The number of aromatic nitrogens is 2.